The smallest absolute Gasteiger partial charge is 0.254 e. The summed E-state index contributed by atoms with van der Waals surface area (Å²) in [6.07, 6.45) is -0.531. The quantitative estimate of drug-likeness (QED) is 0.599. The number of amides is 1. The third-order valence-corrected chi connectivity index (χ3v) is 5.98. The number of thiophene rings is 2. The van der Waals surface area contributed by atoms with E-state index in [0.717, 1.165) is 16.0 Å². The highest BCUT2D eigenvalue weighted by Crippen LogP contribution is 2.32. The van der Waals surface area contributed by atoms with Gasteiger partial charge in [0, 0.05) is 21.9 Å². The van der Waals surface area contributed by atoms with Crippen LogP contribution in [0.4, 0.5) is 0 Å². The number of hydrogen-bond donors (Lipinski definition) is 2. The number of carbonyl (C=O) groups is 1. The molecular formula is C20H21NO4S2. The first-order chi connectivity index (χ1) is 13.1. The zero-order chi connectivity index (χ0) is 19.2. The van der Waals surface area contributed by atoms with Gasteiger partial charge >= 0.3 is 0 Å². The maximum absolute atomic E-state index is 12.3. The number of aliphatic hydroxyl groups excluding tert-OH is 1. The normalized spacial score (nSPS) is 11.8. The SMILES string of the molecule is COc1ccc(CCNC(=O)C(O)c2ccc(-c3ccsc3)s2)cc1OC. The largest absolute Gasteiger partial charge is 0.493 e. The van der Waals surface area contributed by atoms with Gasteiger partial charge in [0.25, 0.3) is 5.91 Å². The van der Waals surface area contributed by atoms with Crippen LogP contribution in [0.3, 0.4) is 0 Å². The lowest BCUT2D eigenvalue weighted by Crippen LogP contribution is -2.30. The van der Waals surface area contributed by atoms with E-state index in [2.05, 4.69) is 5.32 Å². The van der Waals surface area contributed by atoms with Crippen LogP contribution in [0.5, 0.6) is 11.5 Å². The molecule has 0 saturated heterocycles. The molecule has 27 heavy (non-hydrogen) atoms. The molecule has 7 heteroatoms. The van der Waals surface area contributed by atoms with E-state index >= 15 is 0 Å². The summed E-state index contributed by atoms with van der Waals surface area (Å²) in [5.74, 6) is 0.926. The van der Waals surface area contributed by atoms with Gasteiger partial charge in [0.1, 0.15) is 0 Å². The molecule has 0 fully saturated rings. The molecule has 0 radical (unpaired) electrons. The van der Waals surface area contributed by atoms with E-state index in [-0.39, 0.29) is 0 Å². The van der Waals surface area contributed by atoms with Gasteiger partial charge in [-0.1, -0.05) is 6.07 Å². The first-order valence-electron chi connectivity index (χ1n) is 8.41. The lowest BCUT2D eigenvalue weighted by molar-refractivity contribution is -0.129. The Hall–Kier alpha value is -2.35. The average Bonchev–Trinajstić information content (AvgIpc) is 3.38. The summed E-state index contributed by atoms with van der Waals surface area (Å²) in [5.41, 5.74) is 2.12. The van der Waals surface area contributed by atoms with Crippen LogP contribution in [0.2, 0.25) is 0 Å². The van der Waals surface area contributed by atoms with Gasteiger partial charge in [-0.2, -0.15) is 11.3 Å². The Morgan fingerprint density at radius 3 is 2.67 bits per heavy atom. The van der Waals surface area contributed by atoms with Gasteiger partial charge in [0.2, 0.25) is 0 Å². The van der Waals surface area contributed by atoms with Gasteiger partial charge in [-0.15, -0.1) is 11.3 Å². The van der Waals surface area contributed by atoms with Crippen molar-refractivity contribution in [3.8, 4) is 21.9 Å². The number of hydrogen-bond acceptors (Lipinski definition) is 6. The molecule has 0 saturated carbocycles. The van der Waals surface area contributed by atoms with E-state index in [1.807, 2.05) is 41.1 Å². The van der Waals surface area contributed by atoms with Crippen molar-refractivity contribution < 1.29 is 19.4 Å². The molecular weight excluding hydrogens is 382 g/mol. The van der Waals surface area contributed by atoms with Crippen molar-refractivity contribution in [2.75, 3.05) is 20.8 Å². The Balaban J connectivity index is 1.55. The van der Waals surface area contributed by atoms with Crippen LogP contribution in [0.15, 0.2) is 47.2 Å². The van der Waals surface area contributed by atoms with Crippen molar-refractivity contribution in [3.05, 3.63) is 57.6 Å². The van der Waals surface area contributed by atoms with E-state index in [0.29, 0.717) is 29.3 Å². The van der Waals surface area contributed by atoms with E-state index in [9.17, 15) is 9.90 Å². The van der Waals surface area contributed by atoms with E-state index in [1.165, 1.54) is 11.3 Å². The van der Waals surface area contributed by atoms with E-state index < -0.39 is 12.0 Å². The van der Waals surface area contributed by atoms with Crippen molar-refractivity contribution >= 4 is 28.6 Å². The fraction of sp³-hybridized carbons (Fsp3) is 0.250. The van der Waals surface area contributed by atoms with Crippen molar-refractivity contribution in [2.45, 2.75) is 12.5 Å². The summed E-state index contributed by atoms with van der Waals surface area (Å²) in [6.45, 7) is 0.425. The molecule has 1 atom stereocenters. The van der Waals surface area contributed by atoms with Crippen LogP contribution in [0.25, 0.3) is 10.4 Å². The van der Waals surface area contributed by atoms with Crippen LogP contribution in [0.1, 0.15) is 16.5 Å². The van der Waals surface area contributed by atoms with Crippen LogP contribution in [0, 0.1) is 0 Å². The summed E-state index contributed by atoms with van der Waals surface area (Å²) in [4.78, 5) is 13.9. The van der Waals surface area contributed by atoms with Crippen LogP contribution in [-0.2, 0) is 11.2 Å². The third-order valence-electron chi connectivity index (χ3n) is 4.11. The zero-order valence-electron chi connectivity index (χ0n) is 15.1. The summed E-state index contributed by atoms with van der Waals surface area (Å²) in [7, 11) is 3.18. The third kappa shape index (κ3) is 4.68. The monoisotopic (exact) mass is 403 g/mol. The number of rotatable bonds is 8. The first-order valence-corrected chi connectivity index (χ1v) is 10.2. The molecule has 3 aromatic rings. The van der Waals surface area contributed by atoms with Gasteiger partial charge in [-0.05, 0) is 53.1 Å². The minimum atomic E-state index is -1.16. The molecule has 142 valence electrons. The predicted molar refractivity (Wildman–Crippen MR) is 109 cm³/mol. The predicted octanol–water partition coefficient (Wildman–Crippen LogP) is 3.89. The van der Waals surface area contributed by atoms with Gasteiger partial charge < -0.3 is 19.9 Å². The van der Waals surface area contributed by atoms with Crippen molar-refractivity contribution in [3.63, 3.8) is 0 Å². The Kier molecular flexibility index (Phi) is 6.49. The highest BCUT2D eigenvalue weighted by Gasteiger charge is 2.19. The fourth-order valence-corrected chi connectivity index (χ4v) is 4.37. The lowest BCUT2D eigenvalue weighted by Gasteiger charge is -2.11. The molecule has 2 N–H and O–H groups in total. The Labute approximate surface area is 166 Å². The molecule has 3 rings (SSSR count). The Morgan fingerprint density at radius 2 is 1.96 bits per heavy atom. The van der Waals surface area contributed by atoms with Crippen molar-refractivity contribution in [2.24, 2.45) is 0 Å². The molecule has 2 aromatic heterocycles. The second kappa shape index (κ2) is 9.03. The number of benzene rings is 1. The lowest BCUT2D eigenvalue weighted by atomic mass is 10.1. The topological polar surface area (TPSA) is 67.8 Å². The first kappa shape index (κ1) is 19.4. The molecule has 0 aliphatic heterocycles. The second-order valence-corrected chi connectivity index (χ2v) is 7.74. The minimum Gasteiger partial charge on any atom is -0.493 e. The van der Waals surface area contributed by atoms with Gasteiger partial charge in [-0.3, -0.25) is 4.79 Å². The highest BCUT2D eigenvalue weighted by molar-refractivity contribution is 7.16. The number of carbonyl (C=O) groups excluding carboxylic acids is 1. The summed E-state index contributed by atoms with van der Waals surface area (Å²) in [6, 6.07) is 11.4. The van der Waals surface area contributed by atoms with E-state index in [1.54, 1.807) is 31.6 Å². The average molecular weight is 404 g/mol. The maximum atomic E-state index is 12.3. The summed E-state index contributed by atoms with van der Waals surface area (Å²) >= 11 is 3.05. The van der Waals surface area contributed by atoms with Gasteiger partial charge in [0.15, 0.2) is 17.6 Å². The molecule has 0 aliphatic carbocycles. The molecule has 5 nitrogen and oxygen atoms in total. The zero-order valence-corrected chi connectivity index (χ0v) is 16.7. The molecule has 1 aromatic carbocycles. The molecule has 0 bridgehead atoms. The fourth-order valence-electron chi connectivity index (χ4n) is 2.65. The number of methoxy groups -OCH3 is 2. The Bertz CT molecular complexity index is 889. The van der Waals surface area contributed by atoms with Gasteiger partial charge in [0.05, 0.1) is 14.2 Å². The van der Waals surface area contributed by atoms with Crippen LogP contribution >= 0.6 is 22.7 Å². The summed E-state index contributed by atoms with van der Waals surface area (Å²) < 4.78 is 10.5. The van der Waals surface area contributed by atoms with Crippen molar-refractivity contribution in [1.29, 1.82) is 0 Å². The highest BCUT2D eigenvalue weighted by atomic mass is 32.1. The number of aliphatic hydroxyl groups is 1. The molecule has 1 amide bonds. The van der Waals surface area contributed by atoms with Gasteiger partial charge in [-0.25, -0.2) is 0 Å². The van der Waals surface area contributed by atoms with Crippen molar-refractivity contribution in [1.82, 2.24) is 5.32 Å². The number of nitrogens with one attached hydrogen (secondary N) is 1. The minimum absolute atomic E-state index is 0.394. The molecule has 1 unspecified atom stereocenters. The Morgan fingerprint density at radius 1 is 1.15 bits per heavy atom. The standard InChI is InChI=1S/C20H21NO4S2/c1-24-15-4-3-13(11-16(15)25-2)7-9-21-20(23)19(22)18-6-5-17(27-18)14-8-10-26-12-14/h3-6,8,10-12,19,22H,7,9H2,1-2H3,(H,21,23). The van der Waals surface area contributed by atoms with E-state index in [4.69, 9.17) is 9.47 Å². The molecule has 2 heterocycles. The maximum Gasteiger partial charge on any atom is 0.254 e. The molecule has 0 aliphatic rings. The molecule has 0 spiro atoms. The van der Waals surface area contributed by atoms with Crippen LogP contribution < -0.4 is 14.8 Å². The summed E-state index contributed by atoms with van der Waals surface area (Å²) in [5, 5.41) is 17.2. The van der Waals surface area contributed by atoms with Crippen LogP contribution in [-0.4, -0.2) is 31.8 Å². The second-order valence-electron chi connectivity index (χ2n) is 5.85. The number of ether oxygens (including phenoxy) is 2.